The smallest absolute Gasteiger partial charge is 0.251 e. The van der Waals surface area contributed by atoms with Crippen LogP contribution in [0.5, 0.6) is 11.5 Å². The number of nitrogens with one attached hydrogen (secondary N) is 2. The first-order valence-electron chi connectivity index (χ1n) is 9.74. The zero-order valence-corrected chi connectivity index (χ0v) is 15.9. The van der Waals surface area contributed by atoms with Crippen molar-refractivity contribution in [3.05, 3.63) is 54.1 Å². The van der Waals surface area contributed by atoms with Crippen LogP contribution in [-0.2, 0) is 4.79 Å². The molecule has 0 bridgehead atoms. The number of hydrogen-bond donors (Lipinski definition) is 2. The van der Waals surface area contributed by atoms with Crippen molar-refractivity contribution in [2.24, 2.45) is 0 Å². The number of rotatable bonds is 4. The summed E-state index contributed by atoms with van der Waals surface area (Å²) >= 11 is 0. The van der Waals surface area contributed by atoms with Gasteiger partial charge in [-0.1, -0.05) is 24.6 Å². The monoisotopic (exact) mass is 380 g/mol. The van der Waals surface area contributed by atoms with Gasteiger partial charge in [0.1, 0.15) is 6.04 Å². The Kier molecular flexibility index (Phi) is 4.94. The molecular formula is C22H24N2O4. The zero-order valence-electron chi connectivity index (χ0n) is 15.9. The maximum Gasteiger partial charge on any atom is 0.251 e. The Hall–Kier alpha value is -3.02. The highest BCUT2D eigenvalue weighted by molar-refractivity contribution is 6.01. The standard InChI is InChI=1S/C22H24N2O4/c1-15(23-21(26)16-8-4-2-5-9-16)20(25)24-17-10-11-18-19(14-17)28-22(27-18)12-6-3-7-13-22/h2,4-5,8-11,14-15H,3,6-7,12-13H2,1H3,(H,23,26)(H,24,25)/t15-/m1/s1. The van der Waals surface area contributed by atoms with Crippen molar-refractivity contribution in [1.82, 2.24) is 5.32 Å². The van der Waals surface area contributed by atoms with Crippen LogP contribution in [0.1, 0.15) is 49.4 Å². The predicted octanol–water partition coefficient (Wildman–Crippen LogP) is 3.88. The van der Waals surface area contributed by atoms with E-state index in [-0.39, 0.29) is 11.8 Å². The second-order valence-electron chi connectivity index (χ2n) is 7.39. The summed E-state index contributed by atoms with van der Waals surface area (Å²) in [5.41, 5.74) is 1.13. The van der Waals surface area contributed by atoms with Gasteiger partial charge < -0.3 is 20.1 Å². The number of fused-ring (bicyclic) bond motifs is 1. The van der Waals surface area contributed by atoms with E-state index in [9.17, 15) is 9.59 Å². The van der Waals surface area contributed by atoms with Gasteiger partial charge in [-0.25, -0.2) is 0 Å². The lowest BCUT2D eigenvalue weighted by Gasteiger charge is -2.31. The van der Waals surface area contributed by atoms with Gasteiger partial charge in [0, 0.05) is 30.2 Å². The van der Waals surface area contributed by atoms with Gasteiger partial charge in [0.15, 0.2) is 11.5 Å². The first-order valence-corrected chi connectivity index (χ1v) is 9.74. The Bertz CT molecular complexity index is 875. The van der Waals surface area contributed by atoms with Crippen LogP contribution in [0.2, 0.25) is 0 Å². The molecule has 146 valence electrons. The zero-order chi connectivity index (χ0) is 19.6. The van der Waals surface area contributed by atoms with Gasteiger partial charge in [0.25, 0.3) is 11.7 Å². The van der Waals surface area contributed by atoms with Crippen LogP contribution in [-0.4, -0.2) is 23.6 Å². The molecule has 1 aliphatic carbocycles. The van der Waals surface area contributed by atoms with Crippen molar-refractivity contribution in [2.45, 2.75) is 50.9 Å². The molecule has 6 nitrogen and oxygen atoms in total. The highest BCUT2D eigenvalue weighted by Crippen LogP contribution is 2.46. The number of amides is 2. The minimum absolute atomic E-state index is 0.284. The Balaban J connectivity index is 1.38. The molecule has 0 aromatic heterocycles. The number of carbonyl (C=O) groups is 2. The van der Waals surface area contributed by atoms with Crippen LogP contribution in [0.15, 0.2) is 48.5 Å². The van der Waals surface area contributed by atoms with Gasteiger partial charge in [-0.3, -0.25) is 9.59 Å². The van der Waals surface area contributed by atoms with Crippen molar-refractivity contribution in [2.75, 3.05) is 5.32 Å². The molecule has 0 radical (unpaired) electrons. The fourth-order valence-electron chi connectivity index (χ4n) is 3.65. The van der Waals surface area contributed by atoms with Gasteiger partial charge in [-0.15, -0.1) is 0 Å². The number of carbonyl (C=O) groups excluding carboxylic acids is 2. The maximum absolute atomic E-state index is 12.5. The predicted molar refractivity (Wildman–Crippen MR) is 106 cm³/mol. The third-order valence-electron chi connectivity index (χ3n) is 5.20. The molecule has 28 heavy (non-hydrogen) atoms. The van der Waals surface area contributed by atoms with E-state index in [0.717, 1.165) is 25.7 Å². The molecule has 2 N–H and O–H groups in total. The average Bonchev–Trinajstić information content (AvgIpc) is 3.05. The Morgan fingerprint density at radius 1 is 0.964 bits per heavy atom. The fourth-order valence-corrected chi connectivity index (χ4v) is 3.65. The molecular weight excluding hydrogens is 356 g/mol. The van der Waals surface area contributed by atoms with E-state index < -0.39 is 11.8 Å². The Morgan fingerprint density at radius 2 is 1.68 bits per heavy atom. The second-order valence-corrected chi connectivity index (χ2v) is 7.39. The second kappa shape index (κ2) is 7.54. The van der Waals surface area contributed by atoms with E-state index in [2.05, 4.69) is 10.6 Å². The van der Waals surface area contributed by atoms with Gasteiger partial charge in [0.05, 0.1) is 0 Å². The van der Waals surface area contributed by atoms with E-state index in [1.54, 1.807) is 43.3 Å². The molecule has 1 spiro atoms. The fraction of sp³-hybridized carbons (Fsp3) is 0.364. The molecule has 1 atom stereocenters. The SMILES string of the molecule is C[C@@H](NC(=O)c1ccccc1)C(=O)Nc1ccc2c(c1)OC1(CCCCC1)O2. The lowest BCUT2D eigenvalue weighted by molar-refractivity contribution is -0.117. The molecule has 1 saturated carbocycles. The maximum atomic E-state index is 12.5. The van der Waals surface area contributed by atoms with Crippen LogP contribution in [0.4, 0.5) is 5.69 Å². The molecule has 1 aliphatic heterocycles. The highest BCUT2D eigenvalue weighted by Gasteiger charge is 2.42. The van der Waals surface area contributed by atoms with Crippen molar-refractivity contribution < 1.29 is 19.1 Å². The third kappa shape index (κ3) is 3.81. The molecule has 6 heteroatoms. The summed E-state index contributed by atoms with van der Waals surface area (Å²) < 4.78 is 12.1. The summed E-state index contributed by atoms with van der Waals surface area (Å²) in [5, 5.41) is 5.54. The molecule has 2 aromatic rings. The lowest BCUT2D eigenvalue weighted by Crippen LogP contribution is -2.41. The largest absolute Gasteiger partial charge is 0.448 e. The van der Waals surface area contributed by atoms with Gasteiger partial charge >= 0.3 is 0 Å². The number of ether oxygens (including phenoxy) is 2. The van der Waals surface area contributed by atoms with E-state index in [1.807, 2.05) is 12.1 Å². The van der Waals surface area contributed by atoms with Gasteiger partial charge in [0.2, 0.25) is 5.91 Å². The van der Waals surface area contributed by atoms with Crippen molar-refractivity contribution in [1.29, 1.82) is 0 Å². The molecule has 2 aliphatic rings. The van der Waals surface area contributed by atoms with E-state index in [1.165, 1.54) is 6.42 Å². The number of anilines is 1. The normalized spacial score (nSPS) is 17.8. The molecule has 2 aromatic carbocycles. The minimum Gasteiger partial charge on any atom is -0.448 e. The van der Waals surface area contributed by atoms with Crippen molar-refractivity contribution in [3.63, 3.8) is 0 Å². The number of hydrogen-bond acceptors (Lipinski definition) is 4. The van der Waals surface area contributed by atoms with Crippen LogP contribution in [0.3, 0.4) is 0 Å². The van der Waals surface area contributed by atoms with Crippen LogP contribution in [0, 0.1) is 0 Å². The summed E-state index contributed by atoms with van der Waals surface area (Å²) in [7, 11) is 0. The van der Waals surface area contributed by atoms with Crippen LogP contribution >= 0.6 is 0 Å². The summed E-state index contributed by atoms with van der Waals surface area (Å²) in [6.45, 7) is 1.65. The summed E-state index contributed by atoms with van der Waals surface area (Å²) in [5.74, 6) is 0.245. The van der Waals surface area contributed by atoms with Crippen molar-refractivity contribution in [3.8, 4) is 11.5 Å². The number of benzene rings is 2. The first kappa shape index (κ1) is 18.3. The van der Waals surface area contributed by atoms with E-state index in [0.29, 0.717) is 22.7 Å². The Morgan fingerprint density at radius 3 is 2.43 bits per heavy atom. The minimum atomic E-state index is -0.678. The average molecular weight is 380 g/mol. The quantitative estimate of drug-likeness (QED) is 0.844. The van der Waals surface area contributed by atoms with Crippen LogP contribution < -0.4 is 20.1 Å². The summed E-state index contributed by atoms with van der Waals surface area (Å²) in [4.78, 5) is 24.7. The van der Waals surface area contributed by atoms with E-state index in [4.69, 9.17) is 9.47 Å². The molecule has 2 amide bonds. The van der Waals surface area contributed by atoms with Crippen molar-refractivity contribution >= 4 is 17.5 Å². The molecule has 4 rings (SSSR count). The van der Waals surface area contributed by atoms with Gasteiger partial charge in [-0.2, -0.15) is 0 Å². The van der Waals surface area contributed by atoms with Gasteiger partial charge in [-0.05, 0) is 44.0 Å². The molecule has 1 fully saturated rings. The molecule has 0 saturated heterocycles. The van der Waals surface area contributed by atoms with Crippen LogP contribution in [0.25, 0.3) is 0 Å². The highest BCUT2D eigenvalue weighted by atomic mass is 16.7. The molecule has 1 heterocycles. The molecule has 0 unspecified atom stereocenters. The first-order chi connectivity index (χ1) is 13.5. The van der Waals surface area contributed by atoms with E-state index >= 15 is 0 Å². The Labute approximate surface area is 164 Å². The third-order valence-corrected chi connectivity index (χ3v) is 5.20. The lowest BCUT2D eigenvalue weighted by atomic mass is 9.94. The summed E-state index contributed by atoms with van der Waals surface area (Å²) in [6, 6.07) is 13.5. The summed E-state index contributed by atoms with van der Waals surface area (Å²) in [6.07, 6.45) is 5.16. The topological polar surface area (TPSA) is 76.7 Å².